The van der Waals surface area contributed by atoms with Gasteiger partial charge in [0.15, 0.2) is 5.60 Å². The minimum Gasteiger partial charge on any atom is -0.447 e. The first-order valence-electron chi connectivity index (χ1n) is 6.92. The summed E-state index contributed by atoms with van der Waals surface area (Å²) in [5, 5.41) is 1.99. The maximum Gasteiger partial charge on any atom is 0.340 e. The lowest BCUT2D eigenvalue weighted by atomic mass is 10.0. The van der Waals surface area contributed by atoms with Crippen LogP contribution < -0.4 is 0 Å². The molecule has 1 aliphatic rings. The molecule has 1 fully saturated rings. The van der Waals surface area contributed by atoms with E-state index in [-0.39, 0.29) is 5.97 Å². The Kier molecular flexibility index (Phi) is 4.65. The average Bonchev–Trinajstić information content (AvgIpc) is 3.19. The second kappa shape index (κ2) is 6.52. The Balaban J connectivity index is 1.91. The predicted octanol–water partition coefficient (Wildman–Crippen LogP) is 4.47. The minimum absolute atomic E-state index is 0.313. The maximum absolute atomic E-state index is 12.7. The molecule has 0 bridgehead atoms. The van der Waals surface area contributed by atoms with Crippen LogP contribution in [0.4, 0.5) is 0 Å². The van der Waals surface area contributed by atoms with Gasteiger partial charge in [-0.05, 0) is 51.7 Å². The van der Waals surface area contributed by atoms with Crippen LogP contribution in [0, 0.1) is 3.57 Å². The third-order valence-corrected chi connectivity index (χ3v) is 5.69. The molecule has 0 amide bonds. The van der Waals surface area contributed by atoms with Crippen molar-refractivity contribution in [3.63, 3.8) is 0 Å². The summed E-state index contributed by atoms with van der Waals surface area (Å²) in [4.78, 5) is 13.7. The number of esters is 1. The summed E-state index contributed by atoms with van der Waals surface area (Å²) in [5.41, 5.74) is 0.819. The van der Waals surface area contributed by atoms with Gasteiger partial charge in [0.2, 0.25) is 0 Å². The van der Waals surface area contributed by atoms with Gasteiger partial charge in [-0.1, -0.05) is 24.8 Å². The van der Waals surface area contributed by atoms with Gasteiger partial charge in [0.1, 0.15) is 0 Å². The summed E-state index contributed by atoms with van der Waals surface area (Å²) in [6.07, 6.45) is 2.41. The average molecular weight is 426 g/mol. The molecule has 1 unspecified atom stereocenters. The van der Waals surface area contributed by atoms with E-state index in [1.54, 1.807) is 17.4 Å². The highest BCUT2D eigenvalue weighted by molar-refractivity contribution is 14.1. The van der Waals surface area contributed by atoms with Gasteiger partial charge in [0.05, 0.1) is 23.7 Å². The number of carbonyl (C=O) groups excluding carboxylic acids is 1. The number of benzene rings is 1. The standard InChI is InChI=1S/C17H15IO3S/c1-2-12-5-6-14(18)13(10-12)16(19)21-17(7-8-20-11-17)15-4-3-9-22-15/h2-6,9-10H,1,7-8,11H2. The topological polar surface area (TPSA) is 35.5 Å². The highest BCUT2D eigenvalue weighted by atomic mass is 127. The summed E-state index contributed by atoms with van der Waals surface area (Å²) in [6.45, 7) is 4.77. The molecule has 0 spiro atoms. The molecule has 1 aromatic carbocycles. The second-order valence-electron chi connectivity index (χ2n) is 5.11. The molecule has 1 aromatic heterocycles. The van der Waals surface area contributed by atoms with Gasteiger partial charge in [-0.2, -0.15) is 0 Å². The zero-order chi connectivity index (χ0) is 15.6. The molecule has 2 aromatic rings. The van der Waals surface area contributed by atoms with E-state index >= 15 is 0 Å². The number of halogens is 1. The van der Waals surface area contributed by atoms with Gasteiger partial charge in [-0.25, -0.2) is 4.79 Å². The van der Waals surface area contributed by atoms with Gasteiger partial charge < -0.3 is 9.47 Å². The van der Waals surface area contributed by atoms with Crippen LogP contribution in [0.5, 0.6) is 0 Å². The lowest BCUT2D eigenvalue weighted by Gasteiger charge is -2.26. The van der Waals surface area contributed by atoms with Crippen LogP contribution in [0.25, 0.3) is 6.08 Å². The fourth-order valence-corrected chi connectivity index (χ4v) is 3.90. The number of carbonyl (C=O) groups is 1. The quantitative estimate of drug-likeness (QED) is 0.535. The Hall–Kier alpha value is -1.18. The Bertz CT molecular complexity index is 688. The second-order valence-corrected chi connectivity index (χ2v) is 7.22. The molecule has 0 radical (unpaired) electrons. The van der Waals surface area contributed by atoms with Crippen molar-refractivity contribution in [3.8, 4) is 0 Å². The molecule has 114 valence electrons. The number of thiophene rings is 1. The number of hydrogen-bond acceptors (Lipinski definition) is 4. The van der Waals surface area contributed by atoms with E-state index in [1.165, 1.54) is 0 Å². The van der Waals surface area contributed by atoms with E-state index in [0.29, 0.717) is 25.2 Å². The molecular formula is C17H15IO3S. The van der Waals surface area contributed by atoms with E-state index in [1.807, 2.05) is 35.7 Å². The Morgan fingerprint density at radius 3 is 2.95 bits per heavy atom. The summed E-state index contributed by atoms with van der Waals surface area (Å²) in [6, 6.07) is 9.61. The molecule has 0 aliphatic carbocycles. The molecule has 1 atom stereocenters. The first kappa shape index (κ1) is 15.7. The highest BCUT2D eigenvalue weighted by Crippen LogP contribution is 2.38. The molecule has 1 saturated heterocycles. The van der Waals surface area contributed by atoms with E-state index in [2.05, 4.69) is 29.2 Å². The van der Waals surface area contributed by atoms with E-state index < -0.39 is 5.60 Å². The van der Waals surface area contributed by atoms with Crippen molar-refractivity contribution in [2.45, 2.75) is 12.0 Å². The summed E-state index contributed by atoms with van der Waals surface area (Å²) in [5.74, 6) is -0.313. The minimum atomic E-state index is -0.654. The summed E-state index contributed by atoms with van der Waals surface area (Å²) < 4.78 is 12.3. The summed E-state index contributed by atoms with van der Waals surface area (Å²) in [7, 11) is 0. The molecule has 3 nitrogen and oxygen atoms in total. The number of rotatable bonds is 4. The first-order chi connectivity index (χ1) is 10.6. The monoisotopic (exact) mass is 426 g/mol. The van der Waals surface area contributed by atoms with Gasteiger partial charge in [0.25, 0.3) is 0 Å². The van der Waals surface area contributed by atoms with Gasteiger partial charge >= 0.3 is 5.97 Å². The molecule has 22 heavy (non-hydrogen) atoms. The first-order valence-corrected chi connectivity index (χ1v) is 8.87. The lowest BCUT2D eigenvalue weighted by molar-refractivity contribution is -0.0241. The molecule has 3 rings (SSSR count). The molecular weight excluding hydrogens is 411 g/mol. The normalized spacial score (nSPS) is 20.8. The lowest BCUT2D eigenvalue weighted by Crippen LogP contribution is -2.32. The van der Waals surface area contributed by atoms with Crippen LogP contribution in [0.3, 0.4) is 0 Å². The van der Waals surface area contributed by atoms with Crippen LogP contribution in [0.2, 0.25) is 0 Å². The van der Waals surface area contributed by atoms with Crippen LogP contribution >= 0.6 is 33.9 Å². The van der Waals surface area contributed by atoms with Crippen LogP contribution in [-0.2, 0) is 15.1 Å². The molecule has 0 saturated carbocycles. The zero-order valence-corrected chi connectivity index (χ0v) is 14.9. The van der Waals surface area contributed by atoms with Crippen molar-refractivity contribution in [3.05, 3.63) is 61.9 Å². The van der Waals surface area contributed by atoms with E-state index in [0.717, 1.165) is 14.0 Å². The number of hydrogen-bond donors (Lipinski definition) is 0. The van der Waals surface area contributed by atoms with Gasteiger partial charge in [0, 0.05) is 9.99 Å². The molecule has 5 heteroatoms. The van der Waals surface area contributed by atoms with E-state index in [4.69, 9.17) is 9.47 Å². The Labute approximate surface area is 147 Å². The van der Waals surface area contributed by atoms with Gasteiger partial charge in [-0.15, -0.1) is 11.3 Å². The number of ether oxygens (including phenoxy) is 2. The van der Waals surface area contributed by atoms with Crippen molar-refractivity contribution in [1.29, 1.82) is 0 Å². The highest BCUT2D eigenvalue weighted by Gasteiger charge is 2.42. The van der Waals surface area contributed by atoms with Gasteiger partial charge in [-0.3, -0.25) is 0 Å². The third kappa shape index (κ3) is 2.98. The smallest absolute Gasteiger partial charge is 0.340 e. The molecule has 1 aliphatic heterocycles. The van der Waals surface area contributed by atoms with Crippen molar-refractivity contribution in [1.82, 2.24) is 0 Å². The summed E-state index contributed by atoms with van der Waals surface area (Å²) >= 11 is 3.74. The SMILES string of the molecule is C=Cc1ccc(I)c(C(=O)OC2(c3cccs3)CCOC2)c1. The van der Waals surface area contributed by atoms with Crippen molar-refractivity contribution >= 4 is 46.0 Å². The maximum atomic E-state index is 12.7. The molecule has 0 N–H and O–H groups in total. The fourth-order valence-electron chi connectivity index (χ4n) is 2.47. The van der Waals surface area contributed by atoms with Crippen molar-refractivity contribution in [2.75, 3.05) is 13.2 Å². The van der Waals surface area contributed by atoms with Crippen LogP contribution in [0.1, 0.15) is 27.2 Å². The zero-order valence-electron chi connectivity index (χ0n) is 11.9. The fraction of sp³-hybridized carbons (Fsp3) is 0.235. The van der Waals surface area contributed by atoms with Crippen LogP contribution in [0.15, 0.2) is 42.3 Å². The Morgan fingerprint density at radius 1 is 1.45 bits per heavy atom. The van der Waals surface area contributed by atoms with Crippen molar-refractivity contribution < 1.29 is 14.3 Å². The largest absolute Gasteiger partial charge is 0.447 e. The van der Waals surface area contributed by atoms with Crippen LogP contribution in [-0.4, -0.2) is 19.2 Å². The third-order valence-electron chi connectivity index (χ3n) is 3.69. The molecule has 2 heterocycles. The predicted molar refractivity (Wildman–Crippen MR) is 96.1 cm³/mol. The van der Waals surface area contributed by atoms with E-state index in [9.17, 15) is 4.79 Å². The Morgan fingerprint density at radius 2 is 2.32 bits per heavy atom. The van der Waals surface area contributed by atoms with Crippen molar-refractivity contribution in [2.24, 2.45) is 0 Å².